The van der Waals surface area contributed by atoms with Gasteiger partial charge in [-0.25, -0.2) is 0 Å². The molecule has 2 rings (SSSR count). The molecule has 0 bridgehead atoms. The van der Waals surface area contributed by atoms with Crippen molar-refractivity contribution in [2.24, 2.45) is 5.73 Å². The molecule has 0 aliphatic carbocycles. The third-order valence-corrected chi connectivity index (χ3v) is 3.85. The smallest absolute Gasteiger partial charge is 0.291 e. The van der Waals surface area contributed by atoms with Gasteiger partial charge in [-0.15, -0.1) is 0 Å². The largest absolute Gasteiger partial charge is 0.458 e. The maximum atomic E-state index is 12.3. The quantitative estimate of drug-likeness (QED) is 0.912. The van der Waals surface area contributed by atoms with Gasteiger partial charge in [-0.1, -0.05) is 0 Å². The highest BCUT2D eigenvalue weighted by atomic mass is 79.9. The number of halogens is 1. The van der Waals surface area contributed by atoms with Crippen LogP contribution in [0.5, 0.6) is 0 Å². The highest BCUT2D eigenvalue weighted by Crippen LogP contribution is 2.25. The van der Waals surface area contributed by atoms with Gasteiger partial charge in [-0.3, -0.25) is 4.79 Å². The zero-order chi connectivity index (χ0) is 12.4. The average Bonchev–Trinajstić information content (AvgIpc) is 2.74. The first-order valence-corrected chi connectivity index (χ1v) is 6.70. The fraction of sp³-hybridized carbons (Fsp3) is 0.583. The number of rotatable bonds is 2. The average molecular weight is 301 g/mol. The van der Waals surface area contributed by atoms with Gasteiger partial charge < -0.3 is 15.1 Å². The molecular formula is C12H17BrN2O2. The Kier molecular flexibility index (Phi) is 3.89. The summed E-state index contributed by atoms with van der Waals surface area (Å²) in [6, 6.07) is 1.85. The lowest BCUT2D eigenvalue weighted by atomic mass is 9.96. The number of nitrogens with zero attached hydrogens (tertiary/aromatic N) is 1. The second-order valence-electron chi connectivity index (χ2n) is 4.52. The van der Waals surface area contributed by atoms with Crippen LogP contribution in [0.15, 0.2) is 21.2 Å². The highest BCUT2D eigenvalue weighted by Gasteiger charge is 2.31. The van der Waals surface area contributed by atoms with E-state index in [-0.39, 0.29) is 18.0 Å². The molecule has 0 radical (unpaired) electrons. The summed E-state index contributed by atoms with van der Waals surface area (Å²) in [5.41, 5.74) is 5.95. The molecule has 17 heavy (non-hydrogen) atoms. The minimum absolute atomic E-state index is 0.00649. The Labute approximate surface area is 109 Å². The molecule has 0 saturated carbocycles. The fourth-order valence-corrected chi connectivity index (χ4v) is 2.70. The van der Waals surface area contributed by atoms with E-state index in [9.17, 15) is 4.79 Å². The van der Waals surface area contributed by atoms with Gasteiger partial charge in [0.1, 0.15) is 0 Å². The molecule has 1 aromatic rings. The predicted molar refractivity (Wildman–Crippen MR) is 68.7 cm³/mol. The van der Waals surface area contributed by atoms with Crippen LogP contribution in [0.3, 0.4) is 0 Å². The third-order valence-electron chi connectivity index (χ3n) is 3.23. The van der Waals surface area contributed by atoms with Crippen molar-refractivity contribution in [3.63, 3.8) is 0 Å². The van der Waals surface area contributed by atoms with Gasteiger partial charge >= 0.3 is 0 Å². The van der Waals surface area contributed by atoms with Crippen molar-refractivity contribution in [1.82, 2.24) is 4.90 Å². The molecule has 94 valence electrons. The summed E-state index contributed by atoms with van der Waals surface area (Å²) in [6.45, 7) is 2.71. The van der Waals surface area contributed by atoms with E-state index in [4.69, 9.17) is 10.2 Å². The maximum absolute atomic E-state index is 12.3. The number of likely N-dealkylation sites (tertiary alicyclic amines) is 1. The Bertz CT molecular complexity index is 403. The monoisotopic (exact) mass is 300 g/mol. The molecule has 2 heterocycles. The molecule has 1 aromatic heterocycles. The molecule has 0 unspecified atom stereocenters. The lowest BCUT2D eigenvalue weighted by Gasteiger charge is -2.37. The first kappa shape index (κ1) is 12.6. The van der Waals surface area contributed by atoms with Crippen molar-refractivity contribution in [2.45, 2.75) is 38.3 Å². The van der Waals surface area contributed by atoms with Crippen molar-refractivity contribution in [3.8, 4) is 0 Å². The topological polar surface area (TPSA) is 59.5 Å². The second kappa shape index (κ2) is 5.23. The minimum atomic E-state index is -0.0659. The van der Waals surface area contributed by atoms with Crippen LogP contribution in [0.25, 0.3) is 0 Å². The lowest BCUT2D eigenvalue weighted by Crippen LogP contribution is -2.51. The summed E-state index contributed by atoms with van der Waals surface area (Å²) < 4.78 is 5.93. The molecule has 1 saturated heterocycles. The summed E-state index contributed by atoms with van der Waals surface area (Å²) in [5.74, 6) is 0.307. The molecule has 4 nitrogen and oxygen atoms in total. The lowest BCUT2D eigenvalue weighted by molar-refractivity contribution is 0.0550. The van der Waals surface area contributed by atoms with Crippen molar-refractivity contribution in [1.29, 1.82) is 0 Å². The molecular weight excluding hydrogens is 284 g/mol. The summed E-state index contributed by atoms with van der Waals surface area (Å²) >= 11 is 3.32. The normalized spacial score (nSPS) is 22.5. The van der Waals surface area contributed by atoms with Gasteiger partial charge in [0.05, 0.1) is 10.7 Å². The summed E-state index contributed by atoms with van der Waals surface area (Å²) in [4.78, 5) is 14.2. The second-order valence-corrected chi connectivity index (χ2v) is 5.37. The minimum Gasteiger partial charge on any atom is -0.458 e. The molecule has 0 aromatic carbocycles. The van der Waals surface area contributed by atoms with Crippen LogP contribution in [0.2, 0.25) is 0 Å². The Morgan fingerprint density at radius 1 is 1.65 bits per heavy atom. The molecule has 0 spiro atoms. The van der Waals surface area contributed by atoms with Gasteiger partial charge in [0.15, 0.2) is 0 Å². The van der Waals surface area contributed by atoms with Gasteiger partial charge in [0, 0.05) is 18.6 Å². The van der Waals surface area contributed by atoms with Gasteiger partial charge in [0.25, 0.3) is 5.91 Å². The number of piperidine rings is 1. The van der Waals surface area contributed by atoms with Crippen molar-refractivity contribution in [3.05, 3.63) is 22.6 Å². The van der Waals surface area contributed by atoms with E-state index in [0.717, 1.165) is 25.8 Å². The van der Waals surface area contributed by atoms with E-state index >= 15 is 0 Å². The Morgan fingerprint density at radius 3 is 3.00 bits per heavy atom. The van der Waals surface area contributed by atoms with Crippen LogP contribution in [-0.2, 0) is 0 Å². The number of amides is 1. The number of hydrogen-bond donors (Lipinski definition) is 1. The van der Waals surface area contributed by atoms with Gasteiger partial charge in [0.2, 0.25) is 5.76 Å². The van der Waals surface area contributed by atoms with Crippen molar-refractivity contribution >= 4 is 21.8 Å². The molecule has 2 N–H and O–H groups in total. The maximum Gasteiger partial charge on any atom is 0.291 e. The standard InChI is InChI=1S/C12H17BrN2O2/c1-8(14)10-4-2-3-6-15(10)12(16)11-9(13)5-7-17-11/h5,7-8,10H,2-4,6,14H2,1H3/t8-,10+/m0/s1. The van der Waals surface area contributed by atoms with E-state index in [2.05, 4.69) is 15.9 Å². The van der Waals surface area contributed by atoms with E-state index in [1.165, 1.54) is 6.26 Å². The number of furan rings is 1. The number of hydrogen-bond acceptors (Lipinski definition) is 3. The van der Waals surface area contributed by atoms with Crippen LogP contribution in [0, 0.1) is 0 Å². The zero-order valence-electron chi connectivity index (χ0n) is 9.86. The van der Waals surface area contributed by atoms with Crippen LogP contribution in [0.4, 0.5) is 0 Å². The Morgan fingerprint density at radius 2 is 2.41 bits per heavy atom. The van der Waals surface area contributed by atoms with Crippen LogP contribution in [-0.4, -0.2) is 29.4 Å². The molecule has 1 aliphatic heterocycles. The van der Waals surface area contributed by atoms with E-state index < -0.39 is 0 Å². The van der Waals surface area contributed by atoms with E-state index in [1.54, 1.807) is 6.07 Å². The first-order chi connectivity index (χ1) is 8.11. The fourth-order valence-electron chi connectivity index (χ4n) is 2.33. The van der Waals surface area contributed by atoms with Gasteiger partial charge in [-0.2, -0.15) is 0 Å². The zero-order valence-corrected chi connectivity index (χ0v) is 11.4. The van der Waals surface area contributed by atoms with Crippen molar-refractivity contribution in [2.75, 3.05) is 6.54 Å². The van der Waals surface area contributed by atoms with Crippen LogP contribution >= 0.6 is 15.9 Å². The molecule has 1 amide bonds. The predicted octanol–water partition coefficient (Wildman–Crippen LogP) is 2.38. The van der Waals surface area contributed by atoms with Crippen LogP contribution in [0.1, 0.15) is 36.7 Å². The Hall–Kier alpha value is -0.810. The summed E-state index contributed by atoms with van der Waals surface area (Å²) in [7, 11) is 0. The van der Waals surface area contributed by atoms with Gasteiger partial charge in [-0.05, 0) is 48.2 Å². The molecule has 1 fully saturated rings. The number of carbonyl (C=O) groups excluding carboxylic acids is 1. The first-order valence-electron chi connectivity index (χ1n) is 5.91. The summed E-state index contributed by atoms with van der Waals surface area (Å²) in [6.07, 6.45) is 4.66. The molecule has 1 aliphatic rings. The molecule has 2 atom stereocenters. The highest BCUT2D eigenvalue weighted by molar-refractivity contribution is 9.10. The van der Waals surface area contributed by atoms with E-state index in [1.807, 2.05) is 11.8 Å². The SMILES string of the molecule is C[C@H](N)[C@H]1CCCCN1C(=O)c1occc1Br. The van der Waals surface area contributed by atoms with E-state index in [0.29, 0.717) is 10.2 Å². The Balaban J connectivity index is 2.20. The van der Waals surface area contributed by atoms with Crippen molar-refractivity contribution < 1.29 is 9.21 Å². The molecule has 5 heteroatoms. The summed E-state index contributed by atoms with van der Waals surface area (Å²) in [5, 5.41) is 0. The number of carbonyl (C=O) groups is 1. The number of nitrogens with two attached hydrogens (primary N) is 1. The van der Waals surface area contributed by atoms with Crippen LogP contribution < -0.4 is 5.73 Å². The third kappa shape index (κ3) is 2.55.